The molecule has 1 rings (SSSR count). The fourth-order valence-corrected chi connectivity index (χ4v) is 1.42. The zero-order valence-electron chi connectivity index (χ0n) is 7.69. The number of carbonyl (C=O) groups excluding carboxylic acids is 1. The number of carbonyl (C=O) groups is 2. The van der Waals surface area contributed by atoms with Gasteiger partial charge in [0, 0.05) is 6.04 Å². The van der Waals surface area contributed by atoms with Crippen molar-refractivity contribution >= 4 is 11.9 Å². The second-order valence-corrected chi connectivity index (χ2v) is 3.26. The zero-order valence-corrected chi connectivity index (χ0v) is 7.69. The largest absolute Gasteiger partial charge is 0.480 e. The van der Waals surface area contributed by atoms with Crippen LogP contribution in [0.3, 0.4) is 0 Å². The molecule has 1 amide bonds. The molecule has 0 aromatic carbocycles. The molecule has 0 radical (unpaired) electrons. The number of aliphatic carboxylic acids is 1. The lowest BCUT2D eigenvalue weighted by atomic mass is 10.2. The Bertz CT molecular complexity index is 226. The molecule has 0 spiro atoms. The molecule has 1 aliphatic rings. The van der Waals surface area contributed by atoms with E-state index in [-0.39, 0.29) is 25.2 Å². The number of hydrogen-bond acceptors (Lipinski definition) is 3. The molecule has 1 fully saturated rings. The van der Waals surface area contributed by atoms with Crippen LogP contribution in [0.1, 0.15) is 13.8 Å². The fourth-order valence-electron chi connectivity index (χ4n) is 1.42. The van der Waals surface area contributed by atoms with E-state index < -0.39 is 12.0 Å². The van der Waals surface area contributed by atoms with Crippen molar-refractivity contribution in [3.05, 3.63) is 0 Å². The van der Waals surface area contributed by atoms with Crippen molar-refractivity contribution in [2.75, 3.05) is 13.2 Å². The maximum absolute atomic E-state index is 11.3. The molecule has 0 aliphatic carbocycles. The minimum atomic E-state index is -1.01. The summed E-state index contributed by atoms with van der Waals surface area (Å²) in [4.78, 5) is 23.4. The van der Waals surface area contributed by atoms with Gasteiger partial charge >= 0.3 is 5.97 Å². The van der Waals surface area contributed by atoms with Crippen LogP contribution < -0.4 is 0 Å². The molecule has 5 heteroatoms. The first-order chi connectivity index (χ1) is 6.04. The van der Waals surface area contributed by atoms with Gasteiger partial charge in [-0.3, -0.25) is 4.79 Å². The molecular weight excluding hydrogens is 174 g/mol. The molecular formula is C8H13NO4. The molecule has 1 N–H and O–H groups in total. The molecule has 1 aliphatic heterocycles. The van der Waals surface area contributed by atoms with Gasteiger partial charge in [0.15, 0.2) is 6.04 Å². The smallest absolute Gasteiger partial charge is 0.328 e. The minimum Gasteiger partial charge on any atom is -0.480 e. The van der Waals surface area contributed by atoms with Crippen LogP contribution >= 0.6 is 0 Å². The van der Waals surface area contributed by atoms with Gasteiger partial charge in [0.05, 0.1) is 6.61 Å². The summed E-state index contributed by atoms with van der Waals surface area (Å²) >= 11 is 0. The Kier molecular flexibility index (Phi) is 2.87. The number of carboxylic acid groups (broad SMARTS) is 1. The van der Waals surface area contributed by atoms with E-state index in [0.29, 0.717) is 0 Å². The van der Waals surface area contributed by atoms with Gasteiger partial charge < -0.3 is 14.7 Å². The molecule has 0 saturated carbocycles. The summed E-state index contributed by atoms with van der Waals surface area (Å²) in [6.45, 7) is 3.65. The third kappa shape index (κ3) is 1.98. The molecule has 0 aromatic rings. The van der Waals surface area contributed by atoms with E-state index in [1.54, 1.807) is 13.8 Å². The van der Waals surface area contributed by atoms with Crippen LogP contribution in [0.25, 0.3) is 0 Å². The Morgan fingerprint density at radius 1 is 1.69 bits per heavy atom. The Labute approximate surface area is 76.3 Å². The second kappa shape index (κ2) is 3.74. The van der Waals surface area contributed by atoms with Crippen molar-refractivity contribution in [2.24, 2.45) is 0 Å². The molecule has 0 bridgehead atoms. The van der Waals surface area contributed by atoms with E-state index in [1.165, 1.54) is 4.90 Å². The summed E-state index contributed by atoms with van der Waals surface area (Å²) in [6, 6.07) is -0.932. The van der Waals surface area contributed by atoms with E-state index >= 15 is 0 Å². The van der Waals surface area contributed by atoms with Crippen molar-refractivity contribution in [3.8, 4) is 0 Å². The number of carboxylic acids is 1. The van der Waals surface area contributed by atoms with E-state index in [0.717, 1.165) is 0 Å². The van der Waals surface area contributed by atoms with Gasteiger partial charge in [0.2, 0.25) is 5.91 Å². The SMILES string of the molecule is CC(C)N1C(=O)COCC1C(=O)O. The van der Waals surface area contributed by atoms with E-state index in [1.807, 2.05) is 0 Å². The Morgan fingerprint density at radius 2 is 2.31 bits per heavy atom. The number of hydrogen-bond donors (Lipinski definition) is 1. The predicted octanol–water partition coefficient (Wildman–Crippen LogP) is -0.293. The molecule has 1 saturated heterocycles. The molecule has 13 heavy (non-hydrogen) atoms. The minimum absolute atomic E-state index is 0.0119. The number of nitrogens with zero attached hydrogens (tertiary/aromatic N) is 1. The van der Waals surface area contributed by atoms with Gasteiger partial charge in [-0.25, -0.2) is 4.79 Å². The highest BCUT2D eigenvalue weighted by atomic mass is 16.5. The van der Waals surface area contributed by atoms with Crippen molar-refractivity contribution in [2.45, 2.75) is 25.9 Å². The predicted molar refractivity (Wildman–Crippen MR) is 44.2 cm³/mol. The van der Waals surface area contributed by atoms with E-state index in [4.69, 9.17) is 9.84 Å². The summed E-state index contributed by atoms with van der Waals surface area (Å²) in [5.74, 6) is -1.27. The topological polar surface area (TPSA) is 66.8 Å². The van der Waals surface area contributed by atoms with Gasteiger partial charge in [0.25, 0.3) is 0 Å². The highest BCUT2D eigenvalue weighted by molar-refractivity contribution is 5.85. The van der Waals surface area contributed by atoms with Gasteiger partial charge in [-0.1, -0.05) is 0 Å². The molecule has 1 unspecified atom stereocenters. The standard InChI is InChI=1S/C8H13NO4/c1-5(2)9-6(8(11)12)3-13-4-7(9)10/h5-6H,3-4H2,1-2H3,(H,11,12). The lowest BCUT2D eigenvalue weighted by Crippen LogP contribution is -2.55. The van der Waals surface area contributed by atoms with Crippen LogP contribution in [0, 0.1) is 0 Å². The summed E-state index contributed by atoms with van der Waals surface area (Å²) < 4.78 is 4.86. The first kappa shape index (κ1) is 9.98. The fraction of sp³-hybridized carbons (Fsp3) is 0.750. The first-order valence-electron chi connectivity index (χ1n) is 4.15. The summed E-state index contributed by atoms with van der Waals surface area (Å²) in [5, 5.41) is 8.80. The van der Waals surface area contributed by atoms with Crippen LogP contribution in [0.5, 0.6) is 0 Å². The Balaban J connectivity index is 2.80. The zero-order chi connectivity index (χ0) is 10.0. The van der Waals surface area contributed by atoms with Crippen LogP contribution in [0.2, 0.25) is 0 Å². The summed E-state index contributed by atoms with van der Waals surface area (Å²) in [6.07, 6.45) is 0. The number of rotatable bonds is 2. The Hall–Kier alpha value is -1.10. The summed E-state index contributed by atoms with van der Waals surface area (Å²) in [7, 11) is 0. The lowest BCUT2D eigenvalue weighted by Gasteiger charge is -2.35. The van der Waals surface area contributed by atoms with Crippen LogP contribution in [-0.2, 0) is 14.3 Å². The normalized spacial score (nSPS) is 23.8. The van der Waals surface area contributed by atoms with Crippen molar-refractivity contribution in [1.82, 2.24) is 4.90 Å². The van der Waals surface area contributed by atoms with Crippen LogP contribution in [-0.4, -0.2) is 47.2 Å². The average Bonchev–Trinajstić information content (AvgIpc) is 2.02. The van der Waals surface area contributed by atoms with Gasteiger partial charge in [0.1, 0.15) is 6.61 Å². The van der Waals surface area contributed by atoms with Crippen molar-refractivity contribution < 1.29 is 19.4 Å². The first-order valence-corrected chi connectivity index (χ1v) is 4.15. The number of ether oxygens (including phenoxy) is 1. The maximum Gasteiger partial charge on any atom is 0.328 e. The third-order valence-corrected chi connectivity index (χ3v) is 1.97. The Morgan fingerprint density at radius 3 is 2.69 bits per heavy atom. The average molecular weight is 187 g/mol. The monoisotopic (exact) mass is 187 g/mol. The number of morpholine rings is 1. The van der Waals surface area contributed by atoms with Crippen molar-refractivity contribution in [1.29, 1.82) is 0 Å². The van der Waals surface area contributed by atoms with Crippen LogP contribution in [0.4, 0.5) is 0 Å². The highest BCUT2D eigenvalue weighted by Gasteiger charge is 2.35. The van der Waals surface area contributed by atoms with Gasteiger partial charge in [-0.15, -0.1) is 0 Å². The molecule has 0 aromatic heterocycles. The van der Waals surface area contributed by atoms with Crippen LogP contribution in [0.15, 0.2) is 0 Å². The summed E-state index contributed by atoms with van der Waals surface area (Å²) in [5.41, 5.74) is 0. The lowest BCUT2D eigenvalue weighted by molar-refractivity contribution is -0.164. The van der Waals surface area contributed by atoms with E-state index in [9.17, 15) is 9.59 Å². The van der Waals surface area contributed by atoms with Gasteiger partial charge in [-0.05, 0) is 13.8 Å². The maximum atomic E-state index is 11.3. The molecule has 74 valence electrons. The van der Waals surface area contributed by atoms with E-state index in [2.05, 4.69) is 0 Å². The molecule has 1 atom stereocenters. The molecule has 5 nitrogen and oxygen atoms in total. The molecule has 1 heterocycles. The van der Waals surface area contributed by atoms with Crippen molar-refractivity contribution in [3.63, 3.8) is 0 Å². The highest BCUT2D eigenvalue weighted by Crippen LogP contribution is 2.12. The van der Waals surface area contributed by atoms with Gasteiger partial charge in [-0.2, -0.15) is 0 Å². The third-order valence-electron chi connectivity index (χ3n) is 1.97. The quantitative estimate of drug-likeness (QED) is 0.645. The number of amides is 1. The second-order valence-electron chi connectivity index (χ2n) is 3.26.